The Hall–Kier alpha value is -3.30. The van der Waals surface area contributed by atoms with E-state index in [4.69, 9.17) is 13.9 Å². The third-order valence-corrected chi connectivity index (χ3v) is 4.70. The number of carbonyl (C=O) groups excluding carboxylic acids is 1. The number of nitrogens with zero attached hydrogens (tertiary/aromatic N) is 1. The first-order chi connectivity index (χ1) is 13.9. The lowest BCUT2D eigenvalue weighted by Gasteiger charge is -2.18. The zero-order chi connectivity index (χ0) is 20.9. The Morgan fingerprint density at radius 2 is 1.86 bits per heavy atom. The molecule has 0 saturated heterocycles. The average Bonchev–Trinajstić information content (AvgIpc) is 3.17. The minimum atomic E-state index is -1.63. The van der Waals surface area contributed by atoms with E-state index in [-0.39, 0.29) is 12.3 Å². The largest absolute Gasteiger partial charge is 0.461 e. The molecule has 29 heavy (non-hydrogen) atoms. The van der Waals surface area contributed by atoms with E-state index in [1.807, 2.05) is 48.5 Å². The summed E-state index contributed by atoms with van der Waals surface area (Å²) in [5.41, 5.74) is 4.89. The summed E-state index contributed by atoms with van der Waals surface area (Å²) in [5, 5.41) is 0. The number of benzene rings is 2. The number of ether oxygens (including phenoxy) is 2. The summed E-state index contributed by atoms with van der Waals surface area (Å²) in [6.45, 7) is 8.52. The summed E-state index contributed by atoms with van der Waals surface area (Å²) in [5.74, 6) is 4.46. The van der Waals surface area contributed by atoms with Gasteiger partial charge in [0.25, 0.3) is 0 Å². The molecule has 0 saturated carbocycles. The number of para-hydroxylation sites is 1. The Morgan fingerprint density at radius 3 is 2.55 bits per heavy atom. The molecule has 1 heterocycles. The zero-order valence-corrected chi connectivity index (χ0v) is 18.0. The molecule has 0 fully saturated rings. The van der Waals surface area contributed by atoms with Crippen molar-refractivity contribution < 1.29 is 18.7 Å². The summed E-state index contributed by atoms with van der Waals surface area (Å²) in [4.78, 5) is 16.3. The second-order valence-corrected chi connectivity index (χ2v) is 12.1. The molecule has 1 aromatic heterocycles. The fourth-order valence-electron chi connectivity index (χ4n) is 2.55. The molecule has 0 radical (unpaired) electrons. The average molecular weight is 406 g/mol. The fraction of sp³-hybridized carbons (Fsp3) is 0.217. The zero-order valence-electron chi connectivity index (χ0n) is 17.0. The standard InChI is InChI=1S/C23H23NO4Si/c1-5-26-23(25)21-22(27-16-24-21)20-12-11-19(28-18-9-7-6-8-10-18)15-17(20)13-14-29(2,3)4/h6-12,15-16H,5H2,1-4H3/q-1. The first kappa shape index (κ1) is 20.4. The Morgan fingerprint density at radius 1 is 1.10 bits per heavy atom. The van der Waals surface area contributed by atoms with Gasteiger partial charge in [0.1, 0.15) is 11.5 Å². The number of oxazole rings is 1. The summed E-state index contributed by atoms with van der Waals surface area (Å²) in [6.07, 6.45) is 1.24. The lowest BCUT2D eigenvalue weighted by atomic mass is 10.0. The van der Waals surface area contributed by atoms with E-state index in [1.165, 1.54) is 6.39 Å². The molecule has 6 heteroatoms. The van der Waals surface area contributed by atoms with Gasteiger partial charge in [-0.25, -0.2) is 9.78 Å². The van der Waals surface area contributed by atoms with Gasteiger partial charge in [-0.05, 0) is 37.3 Å². The monoisotopic (exact) mass is 405 g/mol. The van der Waals surface area contributed by atoms with Crippen molar-refractivity contribution in [3.05, 3.63) is 66.2 Å². The molecule has 3 rings (SSSR count). The minimum absolute atomic E-state index is 0.139. The Balaban J connectivity index is 2.06. The predicted octanol–water partition coefficient (Wildman–Crippen LogP) is 5.54. The molecular weight excluding hydrogens is 382 g/mol. The summed E-state index contributed by atoms with van der Waals surface area (Å²) in [7, 11) is -1.63. The van der Waals surface area contributed by atoms with Crippen LogP contribution in [0.25, 0.3) is 11.3 Å². The van der Waals surface area contributed by atoms with Crippen molar-refractivity contribution in [1.29, 1.82) is 0 Å². The number of aromatic nitrogens is 1. The lowest BCUT2D eigenvalue weighted by Crippen LogP contribution is -2.16. The molecule has 149 valence electrons. The molecule has 0 aliphatic rings. The van der Waals surface area contributed by atoms with Gasteiger partial charge in [-0.3, -0.25) is 5.54 Å². The van der Waals surface area contributed by atoms with Crippen LogP contribution in [0.15, 0.2) is 59.3 Å². The number of esters is 1. The van der Waals surface area contributed by atoms with Crippen LogP contribution in [0.3, 0.4) is 0 Å². The Bertz CT molecular complexity index is 1060. The van der Waals surface area contributed by atoms with Gasteiger partial charge >= 0.3 is 5.97 Å². The maximum absolute atomic E-state index is 12.2. The van der Waals surface area contributed by atoms with Gasteiger partial charge < -0.3 is 13.9 Å². The van der Waals surface area contributed by atoms with Gasteiger partial charge in [0.05, 0.1) is 6.61 Å². The van der Waals surface area contributed by atoms with Crippen molar-refractivity contribution in [3.8, 4) is 34.3 Å². The smallest absolute Gasteiger partial charge is 0.360 e. The van der Waals surface area contributed by atoms with E-state index in [9.17, 15) is 4.79 Å². The van der Waals surface area contributed by atoms with E-state index in [1.54, 1.807) is 6.92 Å². The minimum Gasteiger partial charge on any atom is -0.461 e. The SMILES string of the molecule is CCOC(=O)c1ncoc1-c1ccc(Oc2ccccc2)cc1C#C[Si-](C)(C)C. The molecule has 0 unspecified atom stereocenters. The van der Waals surface area contributed by atoms with Crippen molar-refractivity contribution in [2.24, 2.45) is 0 Å². The number of hydrogen-bond acceptors (Lipinski definition) is 5. The normalized spacial score (nSPS) is 10.8. The van der Waals surface area contributed by atoms with Crippen LogP contribution >= 0.6 is 0 Å². The molecule has 0 N–H and O–H groups in total. The van der Waals surface area contributed by atoms with Crippen molar-refractivity contribution in [1.82, 2.24) is 4.98 Å². The quantitative estimate of drug-likeness (QED) is 0.317. The van der Waals surface area contributed by atoms with Crippen LogP contribution in [0, 0.1) is 11.5 Å². The van der Waals surface area contributed by atoms with E-state index < -0.39 is 14.0 Å². The predicted molar refractivity (Wildman–Crippen MR) is 115 cm³/mol. The molecule has 0 spiro atoms. The molecular formula is C23H23NO4Si-. The summed E-state index contributed by atoms with van der Waals surface area (Å²) in [6, 6.07) is 15.0. The summed E-state index contributed by atoms with van der Waals surface area (Å²) >= 11 is 0. The van der Waals surface area contributed by atoms with Gasteiger partial charge in [0, 0.05) is 11.1 Å². The van der Waals surface area contributed by atoms with Crippen LogP contribution in [-0.4, -0.2) is 25.6 Å². The highest BCUT2D eigenvalue weighted by Gasteiger charge is 2.21. The highest BCUT2D eigenvalue weighted by molar-refractivity contribution is 6.83. The van der Waals surface area contributed by atoms with Gasteiger partial charge in [0.2, 0.25) is 0 Å². The van der Waals surface area contributed by atoms with Crippen LogP contribution in [0.5, 0.6) is 11.5 Å². The van der Waals surface area contributed by atoms with Crippen molar-refractivity contribution in [3.63, 3.8) is 0 Å². The van der Waals surface area contributed by atoms with Crippen molar-refractivity contribution in [2.75, 3.05) is 6.61 Å². The van der Waals surface area contributed by atoms with Crippen molar-refractivity contribution >= 4 is 14.0 Å². The van der Waals surface area contributed by atoms with Gasteiger partial charge in [-0.1, -0.05) is 26.3 Å². The summed E-state index contributed by atoms with van der Waals surface area (Å²) < 4.78 is 16.6. The van der Waals surface area contributed by atoms with Crippen molar-refractivity contribution in [2.45, 2.75) is 26.6 Å². The maximum atomic E-state index is 12.2. The van der Waals surface area contributed by atoms with E-state index in [0.717, 1.165) is 5.75 Å². The highest BCUT2D eigenvalue weighted by Crippen LogP contribution is 2.31. The van der Waals surface area contributed by atoms with E-state index in [0.29, 0.717) is 22.6 Å². The van der Waals surface area contributed by atoms with Crippen LogP contribution in [-0.2, 0) is 4.74 Å². The van der Waals surface area contributed by atoms with Crippen LogP contribution in [0.4, 0.5) is 0 Å². The number of rotatable bonds is 5. The topological polar surface area (TPSA) is 61.6 Å². The first-order valence-electron chi connectivity index (χ1n) is 9.38. The molecule has 0 bridgehead atoms. The maximum Gasteiger partial charge on any atom is 0.360 e. The highest BCUT2D eigenvalue weighted by atomic mass is 28.3. The lowest BCUT2D eigenvalue weighted by molar-refractivity contribution is 0.0520. The Kier molecular flexibility index (Phi) is 6.20. The first-order valence-corrected chi connectivity index (χ1v) is 12.9. The fourth-order valence-corrected chi connectivity index (χ4v) is 3.06. The molecule has 3 aromatic rings. The van der Waals surface area contributed by atoms with Crippen LogP contribution < -0.4 is 4.74 Å². The molecule has 2 aromatic carbocycles. The molecule has 0 aliphatic carbocycles. The third-order valence-electron chi connectivity index (χ3n) is 3.82. The second kappa shape index (κ2) is 8.80. The third kappa shape index (κ3) is 5.37. The van der Waals surface area contributed by atoms with Crippen LogP contribution in [0.2, 0.25) is 19.6 Å². The van der Waals surface area contributed by atoms with E-state index >= 15 is 0 Å². The molecule has 5 nitrogen and oxygen atoms in total. The van der Waals surface area contributed by atoms with Gasteiger partial charge in [0.15, 0.2) is 17.8 Å². The molecule has 0 aliphatic heterocycles. The molecule has 0 amide bonds. The van der Waals surface area contributed by atoms with Crippen LogP contribution in [0.1, 0.15) is 23.0 Å². The number of carbonyl (C=O) groups is 1. The van der Waals surface area contributed by atoms with Gasteiger partial charge in [-0.2, -0.15) is 19.6 Å². The van der Waals surface area contributed by atoms with E-state index in [2.05, 4.69) is 36.1 Å². The number of hydrogen-bond donors (Lipinski definition) is 0. The van der Waals surface area contributed by atoms with Gasteiger partial charge in [-0.15, -0.1) is 5.92 Å². The Labute approximate surface area is 171 Å². The second-order valence-electron chi connectivity index (χ2n) is 7.37. The molecule has 0 atom stereocenters.